The van der Waals surface area contributed by atoms with Crippen LogP contribution in [0.5, 0.6) is 5.75 Å². The van der Waals surface area contributed by atoms with Crippen LogP contribution in [0.15, 0.2) is 22.5 Å². The van der Waals surface area contributed by atoms with E-state index >= 15 is 0 Å². The maximum Gasteiger partial charge on any atom is 0.262 e. The van der Waals surface area contributed by atoms with Gasteiger partial charge < -0.3 is 20.1 Å². The van der Waals surface area contributed by atoms with Crippen molar-refractivity contribution in [2.45, 2.75) is 16.5 Å². The second kappa shape index (κ2) is 8.47. The Labute approximate surface area is 158 Å². The van der Waals surface area contributed by atoms with Gasteiger partial charge in [-0.15, -0.1) is 10.2 Å². The van der Waals surface area contributed by atoms with Crippen LogP contribution in [0.3, 0.4) is 0 Å². The Morgan fingerprint density at radius 2 is 2.35 bits per heavy atom. The molecule has 2 aromatic rings. The minimum atomic E-state index is -0.340. The first-order valence-electron chi connectivity index (χ1n) is 7.90. The Bertz CT molecular complexity index is 811. The number of amides is 1. The van der Waals surface area contributed by atoms with Crippen molar-refractivity contribution in [1.29, 1.82) is 0 Å². The Balaban J connectivity index is 1.63. The quantitative estimate of drug-likeness (QED) is 0.399. The molecule has 26 heavy (non-hydrogen) atoms. The molecular weight excluding hydrogens is 376 g/mol. The van der Waals surface area contributed by atoms with Crippen molar-refractivity contribution >= 4 is 45.6 Å². The molecule has 10 heteroatoms. The maximum atomic E-state index is 12.7. The van der Waals surface area contributed by atoms with Crippen LogP contribution >= 0.6 is 23.1 Å². The van der Waals surface area contributed by atoms with E-state index in [-0.39, 0.29) is 23.5 Å². The molecule has 2 N–H and O–H groups in total. The van der Waals surface area contributed by atoms with Gasteiger partial charge in [0.1, 0.15) is 5.75 Å². The number of ether oxygens (including phenoxy) is 2. The molecule has 1 aliphatic rings. The normalized spacial score (nSPS) is 14.2. The van der Waals surface area contributed by atoms with E-state index in [4.69, 9.17) is 9.47 Å². The third kappa shape index (κ3) is 4.51. The fourth-order valence-electron chi connectivity index (χ4n) is 2.26. The highest BCUT2D eigenvalue weighted by atomic mass is 32.2. The average molecular weight is 394 g/mol. The summed E-state index contributed by atoms with van der Waals surface area (Å²) in [5.74, 6) is 0.283. The second-order valence-electron chi connectivity index (χ2n) is 5.46. The lowest BCUT2D eigenvalue weighted by molar-refractivity contribution is -0.118. The molecular formula is C16H18N4O4S2. The van der Waals surface area contributed by atoms with E-state index in [9.17, 15) is 9.59 Å². The standard InChI is InChI=1S/C16H18N4O4S2/c1-9(25-16-20-19-15(26-16)17-5-6-23-2)14(22)10-3-4-12-11(7-10)18-13(21)8-24-12/h3-4,7,9H,5-6,8H2,1-2H3,(H,17,19)(H,18,21). The molecule has 8 nitrogen and oxygen atoms in total. The largest absolute Gasteiger partial charge is 0.482 e. The Hall–Kier alpha value is -2.17. The third-order valence-electron chi connectivity index (χ3n) is 3.53. The van der Waals surface area contributed by atoms with Gasteiger partial charge in [0.15, 0.2) is 16.7 Å². The summed E-state index contributed by atoms with van der Waals surface area (Å²) in [7, 11) is 1.63. The van der Waals surface area contributed by atoms with E-state index in [1.165, 1.54) is 23.1 Å². The van der Waals surface area contributed by atoms with Crippen molar-refractivity contribution in [2.24, 2.45) is 0 Å². The van der Waals surface area contributed by atoms with Gasteiger partial charge in [0, 0.05) is 19.2 Å². The van der Waals surface area contributed by atoms with Crippen LogP contribution < -0.4 is 15.4 Å². The number of hydrogen-bond donors (Lipinski definition) is 2. The number of Topliss-reactive ketones (excluding diaryl/α,β-unsaturated/α-hetero) is 1. The topological polar surface area (TPSA) is 102 Å². The van der Waals surface area contributed by atoms with Gasteiger partial charge in [-0.25, -0.2) is 0 Å². The summed E-state index contributed by atoms with van der Waals surface area (Å²) >= 11 is 2.74. The summed E-state index contributed by atoms with van der Waals surface area (Å²) < 4.78 is 11.0. The minimum Gasteiger partial charge on any atom is -0.482 e. The van der Waals surface area contributed by atoms with Gasteiger partial charge in [0.2, 0.25) is 5.13 Å². The second-order valence-corrected chi connectivity index (χ2v) is 8.03. The van der Waals surface area contributed by atoms with Gasteiger partial charge in [-0.2, -0.15) is 0 Å². The number of nitrogens with zero attached hydrogens (tertiary/aromatic N) is 2. The van der Waals surface area contributed by atoms with Crippen LogP contribution in [0.25, 0.3) is 0 Å². The first-order valence-corrected chi connectivity index (χ1v) is 9.60. The Kier molecular flexibility index (Phi) is 6.07. The van der Waals surface area contributed by atoms with Gasteiger partial charge in [-0.1, -0.05) is 23.1 Å². The number of carbonyl (C=O) groups excluding carboxylic acids is 2. The van der Waals surface area contributed by atoms with Crippen LogP contribution in [0.1, 0.15) is 17.3 Å². The van der Waals surface area contributed by atoms with Gasteiger partial charge in [-0.05, 0) is 25.1 Å². The van der Waals surface area contributed by atoms with Crippen molar-refractivity contribution in [3.63, 3.8) is 0 Å². The van der Waals surface area contributed by atoms with Crippen molar-refractivity contribution in [3.8, 4) is 5.75 Å². The zero-order valence-electron chi connectivity index (χ0n) is 14.3. The van der Waals surface area contributed by atoms with Crippen LogP contribution in [-0.4, -0.2) is 54.0 Å². The highest BCUT2D eigenvalue weighted by Gasteiger charge is 2.22. The number of benzene rings is 1. The SMILES string of the molecule is COCCNc1nnc(SC(C)C(=O)c2ccc3c(c2)NC(=O)CO3)s1. The molecule has 0 saturated heterocycles. The van der Waals surface area contributed by atoms with E-state index in [0.717, 1.165) is 0 Å². The summed E-state index contributed by atoms with van der Waals surface area (Å²) in [5.41, 5.74) is 1.03. The zero-order chi connectivity index (χ0) is 18.5. The molecule has 1 aliphatic heterocycles. The number of hydrogen-bond acceptors (Lipinski definition) is 9. The third-order valence-corrected chi connectivity index (χ3v) is 5.60. The Morgan fingerprint density at radius 1 is 1.50 bits per heavy atom. The summed E-state index contributed by atoms with van der Waals surface area (Å²) in [4.78, 5) is 24.1. The molecule has 1 unspecified atom stereocenters. The number of carbonyl (C=O) groups is 2. The van der Waals surface area contributed by atoms with Crippen LogP contribution in [-0.2, 0) is 9.53 Å². The molecule has 0 bridgehead atoms. The maximum absolute atomic E-state index is 12.7. The first-order chi connectivity index (χ1) is 12.6. The van der Waals surface area contributed by atoms with Gasteiger partial charge in [0.25, 0.3) is 5.91 Å². The molecule has 0 fully saturated rings. The fraction of sp³-hybridized carbons (Fsp3) is 0.375. The smallest absolute Gasteiger partial charge is 0.262 e. The number of nitrogens with one attached hydrogen (secondary N) is 2. The number of aromatic nitrogens is 2. The van der Waals surface area contributed by atoms with E-state index in [1.54, 1.807) is 25.3 Å². The van der Waals surface area contributed by atoms with Gasteiger partial charge in [-0.3, -0.25) is 9.59 Å². The predicted molar refractivity (Wildman–Crippen MR) is 100 cm³/mol. The van der Waals surface area contributed by atoms with Crippen molar-refractivity contribution in [3.05, 3.63) is 23.8 Å². The molecule has 138 valence electrons. The molecule has 1 amide bonds. The number of ketones is 1. The van der Waals surface area contributed by atoms with E-state index in [2.05, 4.69) is 20.8 Å². The van der Waals surface area contributed by atoms with E-state index in [1.807, 2.05) is 6.92 Å². The van der Waals surface area contributed by atoms with Crippen LogP contribution in [0.4, 0.5) is 10.8 Å². The van der Waals surface area contributed by atoms with Gasteiger partial charge in [0.05, 0.1) is 17.5 Å². The molecule has 1 aromatic heterocycles. The van der Waals surface area contributed by atoms with Crippen LogP contribution in [0.2, 0.25) is 0 Å². The minimum absolute atomic E-state index is 0.00958. The summed E-state index contributed by atoms with van der Waals surface area (Å²) in [6, 6.07) is 5.04. The lowest BCUT2D eigenvalue weighted by atomic mass is 10.1. The summed E-state index contributed by atoms with van der Waals surface area (Å²) in [6.45, 7) is 3.04. The summed E-state index contributed by atoms with van der Waals surface area (Å²) in [5, 5.41) is 14.3. The van der Waals surface area contributed by atoms with E-state index in [0.29, 0.717) is 39.6 Å². The highest BCUT2D eigenvalue weighted by Crippen LogP contribution is 2.33. The number of thioether (sulfide) groups is 1. The Morgan fingerprint density at radius 3 is 3.15 bits per heavy atom. The molecule has 3 rings (SSSR count). The summed E-state index contributed by atoms with van der Waals surface area (Å²) in [6.07, 6.45) is 0. The number of methoxy groups -OCH3 is 1. The average Bonchev–Trinajstić information content (AvgIpc) is 3.07. The molecule has 0 spiro atoms. The predicted octanol–water partition coefficient (Wildman–Crippen LogP) is 2.29. The van der Waals surface area contributed by atoms with Crippen molar-refractivity contribution in [2.75, 3.05) is 37.5 Å². The van der Waals surface area contributed by atoms with Gasteiger partial charge >= 0.3 is 0 Å². The van der Waals surface area contributed by atoms with Crippen LogP contribution in [0, 0.1) is 0 Å². The number of fused-ring (bicyclic) bond motifs is 1. The lowest BCUT2D eigenvalue weighted by Crippen LogP contribution is -2.25. The molecule has 1 atom stereocenters. The number of rotatable bonds is 8. The first kappa shape index (κ1) is 18.6. The zero-order valence-corrected chi connectivity index (χ0v) is 15.9. The molecule has 0 radical (unpaired) electrons. The fourth-order valence-corrected chi connectivity index (χ4v) is 4.26. The van der Waals surface area contributed by atoms with Crippen molar-refractivity contribution in [1.82, 2.24) is 10.2 Å². The van der Waals surface area contributed by atoms with Crippen molar-refractivity contribution < 1.29 is 19.1 Å². The van der Waals surface area contributed by atoms with E-state index < -0.39 is 0 Å². The molecule has 0 saturated carbocycles. The molecule has 1 aromatic carbocycles. The molecule has 2 heterocycles. The highest BCUT2D eigenvalue weighted by molar-refractivity contribution is 8.02. The number of anilines is 2. The molecule has 0 aliphatic carbocycles. The lowest BCUT2D eigenvalue weighted by Gasteiger charge is -2.18. The monoisotopic (exact) mass is 394 g/mol.